The van der Waals surface area contributed by atoms with E-state index in [1.165, 1.54) is 24.3 Å². The standard InChI is InChI=1S/C16H17NO5S/c1-9-7-14(19)22-11(3)15(9)16(20)21-8-13(18)17-10(2)12-5-4-6-23-12/h4-7,10H,8H2,1-3H3,(H,17,18). The lowest BCUT2D eigenvalue weighted by Crippen LogP contribution is -2.31. The number of amides is 1. The Bertz CT molecular complexity index is 737. The van der Waals surface area contributed by atoms with Crippen molar-refractivity contribution in [3.63, 3.8) is 0 Å². The van der Waals surface area contributed by atoms with Crippen LogP contribution in [0, 0.1) is 13.8 Å². The summed E-state index contributed by atoms with van der Waals surface area (Å²) in [6.07, 6.45) is 0. The van der Waals surface area contributed by atoms with Gasteiger partial charge in [-0.25, -0.2) is 9.59 Å². The molecule has 0 aromatic carbocycles. The summed E-state index contributed by atoms with van der Waals surface area (Å²) in [7, 11) is 0. The van der Waals surface area contributed by atoms with E-state index in [-0.39, 0.29) is 17.4 Å². The van der Waals surface area contributed by atoms with E-state index in [1.54, 1.807) is 6.92 Å². The molecular formula is C16H17NO5S. The quantitative estimate of drug-likeness (QED) is 0.848. The molecule has 23 heavy (non-hydrogen) atoms. The highest BCUT2D eigenvalue weighted by Gasteiger charge is 2.18. The fourth-order valence-corrected chi connectivity index (χ4v) is 2.89. The van der Waals surface area contributed by atoms with E-state index in [0.717, 1.165) is 4.88 Å². The van der Waals surface area contributed by atoms with Gasteiger partial charge in [0.05, 0.1) is 6.04 Å². The van der Waals surface area contributed by atoms with Crippen molar-refractivity contribution < 1.29 is 18.7 Å². The number of carbonyl (C=O) groups excluding carboxylic acids is 2. The smallest absolute Gasteiger partial charge is 0.342 e. The van der Waals surface area contributed by atoms with Crippen LogP contribution in [0.1, 0.15) is 39.5 Å². The molecule has 0 saturated heterocycles. The normalized spacial score (nSPS) is 11.8. The first-order chi connectivity index (χ1) is 10.9. The SMILES string of the molecule is Cc1cc(=O)oc(C)c1C(=O)OCC(=O)NC(C)c1cccs1. The summed E-state index contributed by atoms with van der Waals surface area (Å²) in [4.78, 5) is 36.1. The third kappa shape index (κ3) is 4.29. The lowest BCUT2D eigenvalue weighted by Gasteiger charge is -2.13. The van der Waals surface area contributed by atoms with Crippen LogP contribution in [0.15, 0.2) is 32.8 Å². The molecule has 0 spiro atoms. The molecule has 0 bridgehead atoms. The predicted octanol–water partition coefficient (Wildman–Crippen LogP) is 2.35. The largest absolute Gasteiger partial charge is 0.452 e. The van der Waals surface area contributed by atoms with Gasteiger partial charge >= 0.3 is 11.6 Å². The van der Waals surface area contributed by atoms with Crippen molar-refractivity contribution in [1.29, 1.82) is 0 Å². The fourth-order valence-electron chi connectivity index (χ4n) is 2.16. The zero-order valence-electron chi connectivity index (χ0n) is 13.0. The Labute approximate surface area is 137 Å². The van der Waals surface area contributed by atoms with Gasteiger partial charge < -0.3 is 14.5 Å². The molecule has 0 aliphatic rings. The molecule has 1 N–H and O–H groups in total. The number of nitrogens with one attached hydrogen (secondary N) is 1. The summed E-state index contributed by atoms with van der Waals surface area (Å²) >= 11 is 1.54. The second kappa shape index (κ2) is 7.23. The van der Waals surface area contributed by atoms with E-state index < -0.39 is 24.1 Å². The highest BCUT2D eigenvalue weighted by atomic mass is 32.1. The predicted molar refractivity (Wildman–Crippen MR) is 85.6 cm³/mol. The fraction of sp³-hybridized carbons (Fsp3) is 0.312. The van der Waals surface area contributed by atoms with Gasteiger partial charge in [0.2, 0.25) is 0 Å². The van der Waals surface area contributed by atoms with Crippen molar-refractivity contribution in [1.82, 2.24) is 5.32 Å². The van der Waals surface area contributed by atoms with Gasteiger partial charge in [-0.2, -0.15) is 0 Å². The van der Waals surface area contributed by atoms with E-state index >= 15 is 0 Å². The van der Waals surface area contributed by atoms with Crippen molar-refractivity contribution in [2.45, 2.75) is 26.8 Å². The van der Waals surface area contributed by atoms with Crippen LogP contribution in [0.4, 0.5) is 0 Å². The number of hydrogen-bond donors (Lipinski definition) is 1. The highest BCUT2D eigenvalue weighted by Crippen LogP contribution is 2.18. The molecule has 2 aromatic heterocycles. The number of hydrogen-bond acceptors (Lipinski definition) is 6. The van der Waals surface area contributed by atoms with Crippen LogP contribution < -0.4 is 10.9 Å². The molecular weight excluding hydrogens is 318 g/mol. The average molecular weight is 335 g/mol. The van der Waals surface area contributed by atoms with Gasteiger partial charge in [0.15, 0.2) is 6.61 Å². The zero-order chi connectivity index (χ0) is 17.0. The second-order valence-corrected chi connectivity index (χ2v) is 6.04. The molecule has 7 heteroatoms. The summed E-state index contributed by atoms with van der Waals surface area (Å²) in [5.41, 5.74) is 0.0962. The molecule has 2 heterocycles. The molecule has 2 rings (SSSR count). The lowest BCUT2D eigenvalue weighted by atomic mass is 10.1. The maximum atomic E-state index is 12.1. The minimum absolute atomic E-state index is 0.153. The van der Waals surface area contributed by atoms with Gasteiger partial charge in [0.1, 0.15) is 11.3 Å². The molecule has 122 valence electrons. The Morgan fingerprint density at radius 3 is 2.74 bits per heavy atom. The van der Waals surface area contributed by atoms with E-state index in [9.17, 15) is 14.4 Å². The third-order valence-corrected chi connectivity index (χ3v) is 4.28. The Balaban J connectivity index is 1.94. The van der Waals surface area contributed by atoms with Gasteiger partial charge in [-0.3, -0.25) is 4.79 Å². The molecule has 6 nitrogen and oxygen atoms in total. The lowest BCUT2D eigenvalue weighted by molar-refractivity contribution is -0.124. The summed E-state index contributed by atoms with van der Waals surface area (Å²) in [6, 6.07) is 4.87. The number of rotatable bonds is 5. The molecule has 0 aliphatic heterocycles. The topological polar surface area (TPSA) is 85.6 Å². The van der Waals surface area contributed by atoms with Crippen molar-refractivity contribution in [3.8, 4) is 0 Å². The maximum absolute atomic E-state index is 12.1. The highest BCUT2D eigenvalue weighted by molar-refractivity contribution is 7.10. The van der Waals surface area contributed by atoms with Crippen molar-refractivity contribution in [2.75, 3.05) is 6.61 Å². The van der Waals surface area contributed by atoms with E-state index in [1.807, 2.05) is 24.4 Å². The van der Waals surface area contributed by atoms with E-state index in [0.29, 0.717) is 5.56 Å². The van der Waals surface area contributed by atoms with Crippen molar-refractivity contribution >= 4 is 23.2 Å². The van der Waals surface area contributed by atoms with Crippen LogP contribution in [0.3, 0.4) is 0 Å². The summed E-state index contributed by atoms with van der Waals surface area (Å²) in [5.74, 6) is -0.915. The Hall–Kier alpha value is -2.41. The van der Waals surface area contributed by atoms with Crippen LogP contribution in [0.2, 0.25) is 0 Å². The monoisotopic (exact) mass is 335 g/mol. The molecule has 1 atom stereocenters. The summed E-state index contributed by atoms with van der Waals surface area (Å²) in [6.45, 7) is 4.57. The third-order valence-electron chi connectivity index (χ3n) is 3.22. The first-order valence-electron chi connectivity index (χ1n) is 6.99. The van der Waals surface area contributed by atoms with Gasteiger partial charge in [-0.15, -0.1) is 11.3 Å². The van der Waals surface area contributed by atoms with Gasteiger partial charge in [-0.05, 0) is 37.8 Å². The Kier molecular flexibility index (Phi) is 5.33. The van der Waals surface area contributed by atoms with Gasteiger partial charge in [-0.1, -0.05) is 6.07 Å². The Morgan fingerprint density at radius 2 is 2.13 bits per heavy atom. The van der Waals surface area contributed by atoms with Crippen LogP contribution in [0.5, 0.6) is 0 Å². The van der Waals surface area contributed by atoms with Crippen molar-refractivity contribution in [3.05, 3.63) is 55.8 Å². The number of ether oxygens (including phenoxy) is 1. The number of aryl methyl sites for hydroxylation is 2. The zero-order valence-corrected chi connectivity index (χ0v) is 13.9. The van der Waals surface area contributed by atoms with Crippen LogP contribution in [-0.4, -0.2) is 18.5 Å². The van der Waals surface area contributed by atoms with Crippen LogP contribution >= 0.6 is 11.3 Å². The molecule has 0 aliphatic carbocycles. The average Bonchev–Trinajstić information content (AvgIpc) is 2.98. The minimum Gasteiger partial charge on any atom is -0.452 e. The molecule has 1 amide bonds. The molecule has 2 aromatic rings. The minimum atomic E-state index is -0.692. The summed E-state index contributed by atoms with van der Waals surface area (Å²) < 4.78 is 9.88. The molecule has 1 unspecified atom stereocenters. The van der Waals surface area contributed by atoms with Gasteiger partial charge in [0.25, 0.3) is 5.91 Å². The Morgan fingerprint density at radius 1 is 1.39 bits per heavy atom. The second-order valence-electron chi connectivity index (χ2n) is 5.06. The number of carbonyl (C=O) groups is 2. The van der Waals surface area contributed by atoms with Gasteiger partial charge in [0, 0.05) is 10.9 Å². The van der Waals surface area contributed by atoms with Crippen molar-refractivity contribution in [2.24, 2.45) is 0 Å². The first kappa shape index (κ1) is 17.0. The van der Waals surface area contributed by atoms with E-state index in [4.69, 9.17) is 9.15 Å². The number of esters is 1. The van der Waals surface area contributed by atoms with E-state index in [2.05, 4.69) is 5.32 Å². The molecule has 0 saturated carbocycles. The molecule has 0 fully saturated rings. The summed E-state index contributed by atoms with van der Waals surface area (Å²) in [5, 5.41) is 4.67. The van der Waals surface area contributed by atoms with Crippen LogP contribution in [-0.2, 0) is 9.53 Å². The van der Waals surface area contributed by atoms with Crippen LogP contribution in [0.25, 0.3) is 0 Å². The maximum Gasteiger partial charge on any atom is 0.342 e. The first-order valence-corrected chi connectivity index (χ1v) is 7.87. The number of thiophene rings is 1. The molecule has 0 radical (unpaired) electrons.